The number of carbonyl (C=O) groups excluding carboxylic acids is 3. The summed E-state index contributed by atoms with van der Waals surface area (Å²) in [5, 5.41) is 5.78. The van der Waals surface area contributed by atoms with Gasteiger partial charge in [0.2, 0.25) is 11.8 Å². The Kier molecular flexibility index (Phi) is 7.07. The summed E-state index contributed by atoms with van der Waals surface area (Å²) >= 11 is 0. The van der Waals surface area contributed by atoms with Gasteiger partial charge in [0.25, 0.3) is 5.91 Å². The van der Waals surface area contributed by atoms with Crippen molar-refractivity contribution in [3.8, 4) is 0 Å². The van der Waals surface area contributed by atoms with Gasteiger partial charge in [0.15, 0.2) is 0 Å². The summed E-state index contributed by atoms with van der Waals surface area (Å²) in [7, 11) is 0. The molecule has 1 unspecified atom stereocenters. The first kappa shape index (κ1) is 23.2. The third kappa shape index (κ3) is 5.90. The maximum absolute atomic E-state index is 12.7. The molecule has 0 aromatic heterocycles. The van der Waals surface area contributed by atoms with Gasteiger partial charge in [-0.05, 0) is 49.2 Å². The number of aryl methyl sites for hydroxylation is 2. The predicted octanol–water partition coefficient (Wildman–Crippen LogP) is 4.22. The lowest BCUT2D eigenvalue weighted by Gasteiger charge is -2.17. The lowest BCUT2D eigenvalue weighted by Crippen LogP contribution is -2.28. The first-order valence-corrected chi connectivity index (χ1v) is 11.5. The van der Waals surface area contributed by atoms with Crippen LogP contribution in [0.5, 0.6) is 0 Å². The van der Waals surface area contributed by atoms with E-state index in [2.05, 4.69) is 10.6 Å². The lowest BCUT2D eigenvalue weighted by molar-refractivity contribution is -0.128. The number of hydrogen-bond acceptors (Lipinski definition) is 3. The molecule has 0 aliphatic carbocycles. The van der Waals surface area contributed by atoms with E-state index in [1.165, 1.54) is 11.1 Å². The molecule has 1 aliphatic rings. The van der Waals surface area contributed by atoms with E-state index in [9.17, 15) is 14.4 Å². The first-order chi connectivity index (χ1) is 16.4. The first-order valence-electron chi connectivity index (χ1n) is 11.5. The molecule has 174 valence electrons. The van der Waals surface area contributed by atoms with Crippen molar-refractivity contribution in [2.45, 2.75) is 33.4 Å². The van der Waals surface area contributed by atoms with E-state index in [1.54, 1.807) is 29.2 Å². The summed E-state index contributed by atoms with van der Waals surface area (Å²) in [6.07, 6.45) is 0.206. The van der Waals surface area contributed by atoms with Crippen LogP contribution in [0.2, 0.25) is 0 Å². The number of nitrogens with zero attached hydrogens (tertiary/aromatic N) is 1. The minimum absolute atomic E-state index is 0.0127. The minimum Gasteiger partial charge on any atom is -0.348 e. The summed E-state index contributed by atoms with van der Waals surface area (Å²) in [5.74, 6) is -0.764. The molecule has 6 nitrogen and oxygen atoms in total. The maximum atomic E-state index is 12.7. The van der Waals surface area contributed by atoms with Crippen LogP contribution in [-0.2, 0) is 22.7 Å². The van der Waals surface area contributed by atoms with E-state index in [4.69, 9.17) is 0 Å². The van der Waals surface area contributed by atoms with Crippen LogP contribution in [0.1, 0.15) is 39.0 Å². The Balaban J connectivity index is 1.28. The van der Waals surface area contributed by atoms with Crippen LogP contribution in [0.15, 0.2) is 72.8 Å². The van der Waals surface area contributed by atoms with Crippen molar-refractivity contribution in [3.05, 3.63) is 101 Å². The van der Waals surface area contributed by atoms with Crippen LogP contribution >= 0.6 is 0 Å². The largest absolute Gasteiger partial charge is 0.348 e. The number of hydrogen-bond donors (Lipinski definition) is 2. The van der Waals surface area contributed by atoms with Gasteiger partial charge in [0.1, 0.15) is 0 Å². The quantitative estimate of drug-likeness (QED) is 0.560. The second-order valence-electron chi connectivity index (χ2n) is 8.90. The molecule has 3 amide bonds. The molecule has 0 spiro atoms. The van der Waals surface area contributed by atoms with E-state index in [1.807, 2.05) is 62.4 Å². The van der Waals surface area contributed by atoms with E-state index >= 15 is 0 Å². The minimum atomic E-state index is -0.393. The molecule has 6 heteroatoms. The highest BCUT2D eigenvalue weighted by molar-refractivity contribution is 5.98. The Morgan fingerprint density at radius 1 is 0.853 bits per heavy atom. The zero-order valence-corrected chi connectivity index (χ0v) is 19.5. The summed E-state index contributed by atoms with van der Waals surface area (Å²) in [5.41, 5.74) is 5.55. The van der Waals surface area contributed by atoms with Crippen molar-refractivity contribution in [1.82, 2.24) is 10.2 Å². The molecule has 3 aromatic carbocycles. The van der Waals surface area contributed by atoms with Crippen molar-refractivity contribution >= 4 is 23.4 Å². The Hall–Kier alpha value is -3.93. The molecule has 3 aromatic rings. The van der Waals surface area contributed by atoms with E-state index in [0.29, 0.717) is 30.9 Å². The van der Waals surface area contributed by atoms with E-state index in [0.717, 1.165) is 11.1 Å². The van der Waals surface area contributed by atoms with Crippen molar-refractivity contribution in [3.63, 3.8) is 0 Å². The second-order valence-corrected chi connectivity index (χ2v) is 8.90. The number of likely N-dealkylation sites (tertiary alicyclic amines) is 1. The van der Waals surface area contributed by atoms with Crippen LogP contribution < -0.4 is 10.6 Å². The van der Waals surface area contributed by atoms with Gasteiger partial charge in [0, 0.05) is 37.3 Å². The van der Waals surface area contributed by atoms with Gasteiger partial charge in [-0.15, -0.1) is 0 Å². The van der Waals surface area contributed by atoms with Crippen molar-refractivity contribution in [2.24, 2.45) is 5.92 Å². The SMILES string of the molecule is Cc1ccc(CNC(=O)c2ccc(NC(=O)C3CC(=O)N(Cc4ccc(C)cc4)C3)cc2)cc1. The maximum Gasteiger partial charge on any atom is 0.251 e. The smallest absolute Gasteiger partial charge is 0.251 e. The van der Waals surface area contributed by atoms with Gasteiger partial charge in [-0.2, -0.15) is 0 Å². The molecule has 0 radical (unpaired) electrons. The molecule has 1 atom stereocenters. The number of benzene rings is 3. The van der Waals surface area contributed by atoms with Gasteiger partial charge in [-0.25, -0.2) is 0 Å². The highest BCUT2D eigenvalue weighted by Crippen LogP contribution is 2.22. The Labute approximate surface area is 200 Å². The predicted molar refractivity (Wildman–Crippen MR) is 132 cm³/mol. The molecular weight excluding hydrogens is 426 g/mol. The molecule has 1 heterocycles. The molecular formula is C28H29N3O3. The third-order valence-corrected chi connectivity index (χ3v) is 6.07. The summed E-state index contributed by atoms with van der Waals surface area (Å²) in [6, 6.07) is 22.8. The van der Waals surface area contributed by atoms with Crippen molar-refractivity contribution in [1.29, 1.82) is 0 Å². The average Bonchev–Trinajstić information content (AvgIpc) is 3.20. The van der Waals surface area contributed by atoms with Gasteiger partial charge in [-0.3, -0.25) is 14.4 Å². The van der Waals surface area contributed by atoms with Gasteiger partial charge in [-0.1, -0.05) is 59.7 Å². The van der Waals surface area contributed by atoms with Crippen molar-refractivity contribution < 1.29 is 14.4 Å². The zero-order valence-electron chi connectivity index (χ0n) is 19.5. The molecule has 1 aliphatic heterocycles. The Morgan fingerprint density at radius 3 is 2.06 bits per heavy atom. The van der Waals surface area contributed by atoms with Crippen LogP contribution in [0.25, 0.3) is 0 Å². The highest BCUT2D eigenvalue weighted by atomic mass is 16.2. The molecule has 1 fully saturated rings. The van der Waals surface area contributed by atoms with Crippen LogP contribution in [-0.4, -0.2) is 29.2 Å². The molecule has 4 rings (SSSR count). The number of amides is 3. The molecule has 0 bridgehead atoms. The number of carbonyl (C=O) groups is 3. The number of nitrogens with one attached hydrogen (secondary N) is 2. The topological polar surface area (TPSA) is 78.5 Å². The van der Waals surface area contributed by atoms with Crippen LogP contribution in [0, 0.1) is 19.8 Å². The molecule has 34 heavy (non-hydrogen) atoms. The van der Waals surface area contributed by atoms with Crippen LogP contribution in [0.4, 0.5) is 5.69 Å². The molecule has 2 N–H and O–H groups in total. The van der Waals surface area contributed by atoms with Gasteiger partial charge >= 0.3 is 0 Å². The fourth-order valence-corrected chi connectivity index (χ4v) is 3.95. The average molecular weight is 456 g/mol. The second kappa shape index (κ2) is 10.3. The normalized spacial score (nSPS) is 15.3. The molecule has 1 saturated heterocycles. The van der Waals surface area contributed by atoms with E-state index in [-0.39, 0.29) is 24.1 Å². The van der Waals surface area contributed by atoms with E-state index < -0.39 is 5.92 Å². The fourth-order valence-electron chi connectivity index (χ4n) is 3.95. The zero-order chi connectivity index (χ0) is 24.1. The monoisotopic (exact) mass is 455 g/mol. The summed E-state index contributed by atoms with van der Waals surface area (Å²) < 4.78 is 0. The Morgan fingerprint density at radius 2 is 1.44 bits per heavy atom. The van der Waals surface area contributed by atoms with Crippen molar-refractivity contribution in [2.75, 3.05) is 11.9 Å². The number of anilines is 1. The Bertz CT molecular complexity index is 1170. The fraction of sp³-hybridized carbons (Fsp3) is 0.250. The highest BCUT2D eigenvalue weighted by Gasteiger charge is 2.34. The van der Waals surface area contributed by atoms with Crippen LogP contribution in [0.3, 0.4) is 0 Å². The standard InChI is InChI=1S/C28H29N3O3/c1-19-3-7-21(8-4-19)16-29-27(33)23-11-13-25(14-12-23)30-28(34)24-15-26(32)31(18-24)17-22-9-5-20(2)6-10-22/h3-14,24H,15-18H2,1-2H3,(H,29,33)(H,30,34). The molecule has 0 saturated carbocycles. The lowest BCUT2D eigenvalue weighted by atomic mass is 10.1. The van der Waals surface area contributed by atoms with Gasteiger partial charge in [0.05, 0.1) is 5.92 Å². The number of rotatable bonds is 7. The van der Waals surface area contributed by atoms with Gasteiger partial charge < -0.3 is 15.5 Å². The summed E-state index contributed by atoms with van der Waals surface area (Å²) in [4.78, 5) is 39.3. The summed E-state index contributed by atoms with van der Waals surface area (Å²) in [6.45, 7) is 5.41. The third-order valence-electron chi connectivity index (χ3n) is 6.07.